The fraction of sp³-hybridized carbons (Fsp3) is 0.355. The maximum Gasteiger partial charge on any atom is 0.0129 e. The van der Waals surface area contributed by atoms with Crippen molar-refractivity contribution in [2.24, 2.45) is 0 Å². The molecule has 0 bridgehead atoms. The highest BCUT2D eigenvalue weighted by Crippen LogP contribution is 2.70. The normalized spacial score (nSPS) is 17.7. The van der Waals surface area contributed by atoms with Crippen LogP contribution in [0.15, 0.2) is 97.1 Å². The predicted molar refractivity (Wildman–Crippen MR) is 306 cm³/mol. The van der Waals surface area contributed by atoms with Gasteiger partial charge in [0.2, 0.25) is 0 Å². The maximum absolute atomic E-state index is 2.58. The fourth-order valence-electron chi connectivity index (χ4n) is 11.6. The van der Waals surface area contributed by atoms with Gasteiger partial charge in [-0.1, -0.05) is 161 Å². The molecule has 342 valence electrons. The van der Waals surface area contributed by atoms with Crippen molar-refractivity contribution < 1.29 is 0 Å². The van der Waals surface area contributed by atoms with Crippen LogP contribution in [0.25, 0.3) is 11.1 Å². The van der Waals surface area contributed by atoms with Crippen molar-refractivity contribution >= 4 is 50.3 Å². The summed E-state index contributed by atoms with van der Waals surface area (Å²) in [6, 6.07) is 38.6. The van der Waals surface area contributed by atoms with E-state index in [1.54, 1.807) is 42.4 Å². The van der Waals surface area contributed by atoms with E-state index in [9.17, 15) is 0 Å². The first-order valence-electron chi connectivity index (χ1n) is 24.1. The lowest BCUT2D eigenvalue weighted by Crippen LogP contribution is -2.29. The Morgan fingerprint density at radius 1 is 0.348 bits per heavy atom. The Morgan fingerprint density at radius 2 is 0.667 bits per heavy atom. The smallest absolute Gasteiger partial charge is 0.0129 e. The molecule has 0 atom stereocenters. The summed E-state index contributed by atoms with van der Waals surface area (Å²) in [4.78, 5) is 0. The van der Waals surface area contributed by atoms with Crippen molar-refractivity contribution in [1.29, 1.82) is 0 Å². The third-order valence-corrected chi connectivity index (χ3v) is 28.6. The second-order valence-electron chi connectivity index (χ2n) is 21.9. The van der Waals surface area contributed by atoms with Crippen LogP contribution >= 0.6 is 30.2 Å². The molecule has 4 heteroatoms. The Kier molecular flexibility index (Phi) is 13.5. The van der Waals surface area contributed by atoms with Crippen LogP contribution < -0.4 is 0 Å². The molecular weight excluding hydrogens is 869 g/mol. The molecule has 2 heterocycles. The maximum atomic E-state index is 2.58. The second-order valence-corrected chi connectivity index (χ2v) is 33.3. The van der Waals surface area contributed by atoms with E-state index >= 15 is 0 Å². The van der Waals surface area contributed by atoms with E-state index in [1.165, 1.54) is 89.0 Å². The lowest BCUT2D eigenvalue weighted by atomic mass is 9.99. The number of hydrogen-bond donors (Lipinski definition) is 0. The van der Waals surface area contributed by atoms with Gasteiger partial charge in [-0.15, -0.1) is 14.3 Å². The summed E-state index contributed by atoms with van der Waals surface area (Å²) in [5, 5.41) is 7.35. The molecule has 0 fully saturated rings. The average Bonchev–Trinajstić information content (AvgIpc) is 3.17. The summed E-state index contributed by atoms with van der Waals surface area (Å²) < 4.78 is 0. The fourth-order valence-corrected chi connectivity index (χ4v) is 30.9. The minimum absolute atomic E-state index is 0.147. The van der Waals surface area contributed by atoms with E-state index in [0.29, 0.717) is 0 Å². The molecule has 0 nitrogen and oxygen atoms in total. The van der Waals surface area contributed by atoms with Gasteiger partial charge in [0.05, 0.1) is 0 Å². The standard InChI is InChI=1S/C62H74P4/c1-37-26-41(5)53(42(6)27-37)57-63(58(65(57)61(13,14)15)54-43(7)28-38(2)29-44(54)8)35-49-22-21-24-50(34-49)52-25-20-19-23-51(52)36-64-59(55-45(9)30-39(3)31-46(55)10)66(62(16,17)18)60(64)56-47(11)32-40(4)33-48(56)12/h19-34H,35-36H2,1-18H3. The van der Waals surface area contributed by atoms with Crippen molar-refractivity contribution in [2.45, 2.75) is 147 Å². The third kappa shape index (κ3) is 9.01. The first-order valence-corrected chi connectivity index (χ1v) is 29.8. The minimum Gasteiger partial charge on any atom is -0.103 e. The van der Waals surface area contributed by atoms with Crippen LogP contribution in [0.2, 0.25) is 0 Å². The lowest BCUT2D eigenvalue weighted by molar-refractivity contribution is 0.796. The van der Waals surface area contributed by atoms with Crippen molar-refractivity contribution in [3.63, 3.8) is 0 Å². The molecule has 0 saturated carbocycles. The summed E-state index contributed by atoms with van der Waals surface area (Å²) >= 11 is 0. The van der Waals surface area contributed by atoms with E-state index in [1.807, 2.05) is 0 Å². The van der Waals surface area contributed by atoms with Crippen molar-refractivity contribution in [1.82, 2.24) is 0 Å². The number of benzene rings is 6. The quantitative estimate of drug-likeness (QED) is 0.127. The van der Waals surface area contributed by atoms with Gasteiger partial charge in [-0.2, -0.15) is 0 Å². The van der Waals surface area contributed by atoms with Gasteiger partial charge >= 0.3 is 0 Å². The molecular formula is C62H74P4. The van der Waals surface area contributed by atoms with Gasteiger partial charge in [0, 0.05) is 32.5 Å². The minimum atomic E-state index is -0.599. The highest BCUT2D eigenvalue weighted by molar-refractivity contribution is 8.16. The topological polar surface area (TPSA) is 0 Å². The lowest BCUT2D eigenvalue weighted by Gasteiger charge is -2.44. The molecule has 0 amide bonds. The Labute approximate surface area is 403 Å². The van der Waals surface area contributed by atoms with Crippen LogP contribution in [-0.4, -0.2) is 30.5 Å². The van der Waals surface area contributed by atoms with Crippen LogP contribution in [0.4, 0.5) is 0 Å². The Morgan fingerprint density at radius 3 is 1.00 bits per heavy atom. The number of rotatable bonds is 9. The van der Waals surface area contributed by atoms with Crippen LogP contribution in [0.3, 0.4) is 0 Å². The number of aryl methyl sites for hydroxylation is 12. The average molecular weight is 943 g/mol. The highest BCUT2D eigenvalue weighted by atomic mass is 31.2. The van der Waals surface area contributed by atoms with E-state index in [-0.39, 0.29) is 10.3 Å². The van der Waals surface area contributed by atoms with Crippen LogP contribution in [0.5, 0.6) is 0 Å². The SMILES string of the molecule is Cc1cc(C)c(C2=P(Cc3cccc(-c4ccccc4CP4=C(c5c(C)cc(C)cc5C)P(C(C)(C)C)C=4c4c(C)cc(C)cc4C)c3)=C(c3c(C)cc(C)cc3C)P2C(C)(C)C)c(C)c1. The summed E-state index contributed by atoms with van der Waals surface area (Å²) in [5.41, 5.74) is 28.9. The summed E-state index contributed by atoms with van der Waals surface area (Å²) in [7, 11) is -2.21. The van der Waals surface area contributed by atoms with E-state index in [0.717, 1.165) is 12.3 Å². The molecule has 0 unspecified atom stereocenters. The van der Waals surface area contributed by atoms with Gasteiger partial charge in [0.1, 0.15) is 0 Å². The van der Waals surface area contributed by atoms with E-state index in [4.69, 9.17) is 0 Å². The molecule has 0 saturated heterocycles. The van der Waals surface area contributed by atoms with Crippen LogP contribution in [0.1, 0.15) is 142 Å². The molecule has 8 rings (SSSR count). The van der Waals surface area contributed by atoms with Gasteiger partial charge in [0.25, 0.3) is 0 Å². The first-order chi connectivity index (χ1) is 31.0. The molecule has 2 aliphatic rings. The van der Waals surface area contributed by atoms with Crippen LogP contribution in [0, 0.1) is 83.1 Å². The second kappa shape index (κ2) is 18.3. The molecule has 6 aromatic rings. The largest absolute Gasteiger partial charge is 0.103 e. The van der Waals surface area contributed by atoms with Gasteiger partial charge in [0.15, 0.2) is 0 Å². The molecule has 0 aromatic heterocycles. The third-order valence-electron chi connectivity index (χ3n) is 13.7. The highest BCUT2D eigenvalue weighted by Gasteiger charge is 2.43. The van der Waals surface area contributed by atoms with Crippen molar-refractivity contribution in [2.75, 3.05) is 0 Å². The molecule has 6 aromatic carbocycles. The van der Waals surface area contributed by atoms with Gasteiger partial charge in [-0.3, -0.25) is 0 Å². The molecule has 66 heavy (non-hydrogen) atoms. The summed E-state index contributed by atoms with van der Waals surface area (Å²) in [6.45, 7) is 43.0. The van der Waals surface area contributed by atoms with Gasteiger partial charge in [-0.05, 0) is 198 Å². The van der Waals surface area contributed by atoms with E-state index in [2.05, 4.69) is 222 Å². The monoisotopic (exact) mass is 942 g/mol. The van der Waals surface area contributed by atoms with Gasteiger partial charge < -0.3 is 0 Å². The molecule has 2 aliphatic heterocycles. The molecule has 0 radical (unpaired) electrons. The predicted octanol–water partition coefficient (Wildman–Crippen LogP) is 18.3. The molecule has 0 aliphatic carbocycles. The Bertz CT molecular complexity index is 2930. The zero-order valence-electron chi connectivity index (χ0n) is 43.4. The van der Waals surface area contributed by atoms with Crippen molar-refractivity contribution in [3.8, 4) is 11.1 Å². The summed E-state index contributed by atoms with van der Waals surface area (Å²) in [5.74, 6) is 0. The Balaban J connectivity index is 1.33. The first kappa shape index (κ1) is 48.7. The van der Waals surface area contributed by atoms with Crippen molar-refractivity contribution in [3.05, 3.63) is 197 Å². The zero-order chi connectivity index (χ0) is 47.9. The van der Waals surface area contributed by atoms with E-state index < -0.39 is 30.2 Å². The molecule has 0 N–H and O–H groups in total. The zero-order valence-corrected chi connectivity index (χ0v) is 47.0. The Hall–Kier alpha value is -3.74. The van der Waals surface area contributed by atoms with Gasteiger partial charge in [-0.25, -0.2) is 0 Å². The van der Waals surface area contributed by atoms with Crippen LogP contribution in [-0.2, 0) is 12.3 Å². The number of hydrogen-bond acceptors (Lipinski definition) is 0. The summed E-state index contributed by atoms with van der Waals surface area (Å²) in [6.07, 6.45) is 2.13. The molecule has 0 spiro atoms.